The highest BCUT2D eigenvalue weighted by Crippen LogP contribution is 2.47. The topological polar surface area (TPSA) is 54.0 Å². The fourth-order valence-electron chi connectivity index (χ4n) is 3.84. The highest BCUT2D eigenvalue weighted by Gasteiger charge is 2.39. The molecular formula is C17H25N3O. The monoisotopic (exact) mass is 287 g/mol. The van der Waals surface area contributed by atoms with Crippen molar-refractivity contribution in [3.8, 4) is 0 Å². The van der Waals surface area contributed by atoms with Gasteiger partial charge in [-0.05, 0) is 55.6 Å². The van der Waals surface area contributed by atoms with Gasteiger partial charge in [-0.15, -0.1) is 0 Å². The average Bonchev–Trinajstić information content (AvgIpc) is 3.14. The zero-order valence-corrected chi connectivity index (χ0v) is 12.8. The highest BCUT2D eigenvalue weighted by atomic mass is 16.1. The third-order valence-electron chi connectivity index (χ3n) is 4.99. The van der Waals surface area contributed by atoms with Gasteiger partial charge in [0, 0.05) is 19.3 Å². The molecule has 2 aliphatic carbocycles. The Bertz CT molecular complexity index is 485. The van der Waals surface area contributed by atoms with Crippen molar-refractivity contribution in [2.24, 2.45) is 17.8 Å². The summed E-state index contributed by atoms with van der Waals surface area (Å²) >= 11 is 0. The van der Waals surface area contributed by atoms with Crippen molar-refractivity contribution >= 4 is 11.7 Å². The number of fused-ring (bicyclic) bond motifs is 2. The minimum atomic E-state index is 0.00677. The number of carbonyl (C=O) groups is 1. The lowest BCUT2D eigenvalue weighted by Crippen LogP contribution is -2.31. The molecule has 21 heavy (non-hydrogen) atoms. The lowest BCUT2D eigenvalue weighted by atomic mass is 9.89. The summed E-state index contributed by atoms with van der Waals surface area (Å²) < 4.78 is 0. The van der Waals surface area contributed by atoms with Crippen LogP contribution in [0.15, 0.2) is 18.3 Å². The number of amides is 1. The summed E-state index contributed by atoms with van der Waals surface area (Å²) in [5.74, 6) is 3.33. The molecule has 0 saturated heterocycles. The second-order valence-corrected chi connectivity index (χ2v) is 6.50. The largest absolute Gasteiger partial charge is 0.370 e. The van der Waals surface area contributed by atoms with E-state index in [9.17, 15) is 4.79 Å². The Hall–Kier alpha value is -1.58. The van der Waals surface area contributed by atoms with E-state index in [1.54, 1.807) is 6.20 Å². The van der Waals surface area contributed by atoms with E-state index in [4.69, 9.17) is 0 Å². The third kappa shape index (κ3) is 3.36. The molecule has 2 N–H and O–H groups in total. The molecule has 2 bridgehead atoms. The highest BCUT2D eigenvalue weighted by molar-refractivity contribution is 5.94. The lowest BCUT2D eigenvalue weighted by molar-refractivity contribution is 0.0941. The summed E-state index contributed by atoms with van der Waals surface area (Å²) in [6.07, 6.45) is 8.19. The summed E-state index contributed by atoms with van der Waals surface area (Å²) in [6, 6.07) is 3.73. The van der Waals surface area contributed by atoms with Gasteiger partial charge in [0.1, 0.15) is 5.82 Å². The van der Waals surface area contributed by atoms with E-state index in [-0.39, 0.29) is 5.91 Å². The summed E-state index contributed by atoms with van der Waals surface area (Å²) in [6.45, 7) is 3.85. The van der Waals surface area contributed by atoms with Crippen LogP contribution in [0.5, 0.6) is 0 Å². The van der Waals surface area contributed by atoms with Gasteiger partial charge >= 0.3 is 0 Å². The summed E-state index contributed by atoms with van der Waals surface area (Å²) in [4.78, 5) is 16.4. The molecule has 0 aliphatic heterocycles. The number of aromatic nitrogens is 1. The van der Waals surface area contributed by atoms with Crippen LogP contribution in [0.25, 0.3) is 0 Å². The van der Waals surface area contributed by atoms with E-state index >= 15 is 0 Å². The van der Waals surface area contributed by atoms with Crippen molar-refractivity contribution in [3.05, 3.63) is 23.9 Å². The fourth-order valence-corrected chi connectivity index (χ4v) is 3.84. The summed E-state index contributed by atoms with van der Waals surface area (Å²) in [5, 5.41) is 6.30. The fraction of sp³-hybridized carbons (Fsp3) is 0.647. The standard InChI is InChI=1S/C17H25N3O/c1-2-7-18-16-6-5-14(10-19-16)17(21)20-11-15-9-12-3-4-13(15)8-12/h5-6,10,12-13,15H,2-4,7-9,11H2,1H3,(H,18,19)(H,20,21). The minimum absolute atomic E-state index is 0.00677. The number of hydrogen-bond donors (Lipinski definition) is 2. The van der Waals surface area contributed by atoms with Gasteiger partial charge in [0.05, 0.1) is 5.56 Å². The molecule has 3 unspecified atom stereocenters. The number of nitrogens with one attached hydrogen (secondary N) is 2. The Morgan fingerprint density at radius 1 is 1.33 bits per heavy atom. The molecule has 2 fully saturated rings. The molecule has 1 aromatic heterocycles. The summed E-state index contributed by atoms with van der Waals surface area (Å²) in [7, 11) is 0. The molecule has 3 rings (SSSR count). The van der Waals surface area contributed by atoms with Gasteiger partial charge in [-0.1, -0.05) is 13.3 Å². The molecule has 4 heteroatoms. The molecule has 2 saturated carbocycles. The Labute approximate surface area is 126 Å². The maximum absolute atomic E-state index is 12.2. The zero-order chi connectivity index (χ0) is 14.7. The van der Waals surface area contributed by atoms with E-state index in [0.29, 0.717) is 11.5 Å². The third-order valence-corrected chi connectivity index (χ3v) is 4.99. The van der Waals surface area contributed by atoms with E-state index in [0.717, 1.165) is 37.2 Å². The molecule has 114 valence electrons. The predicted molar refractivity (Wildman–Crippen MR) is 84.3 cm³/mol. The molecule has 1 heterocycles. The van der Waals surface area contributed by atoms with Gasteiger partial charge in [-0.25, -0.2) is 4.98 Å². The van der Waals surface area contributed by atoms with Crippen molar-refractivity contribution in [2.75, 3.05) is 18.4 Å². The molecule has 1 amide bonds. The minimum Gasteiger partial charge on any atom is -0.370 e. The molecule has 4 nitrogen and oxygen atoms in total. The van der Waals surface area contributed by atoms with E-state index in [1.165, 1.54) is 25.7 Å². The van der Waals surface area contributed by atoms with Crippen LogP contribution in [0, 0.1) is 17.8 Å². The Morgan fingerprint density at radius 2 is 2.24 bits per heavy atom. The number of pyridine rings is 1. The van der Waals surface area contributed by atoms with Gasteiger partial charge < -0.3 is 10.6 Å². The maximum atomic E-state index is 12.2. The smallest absolute Gasteiger partial charge is 0.252 e. The Kier molecular flexibility index (Phi) is 4.42. The van der Waals surface area contributed by atoms with Gasteiger partial charge in [-0.2, -0.15) is 0 Å². The first kappa shape index (κ1) is 14.4. The van der Waals surface area contributed by atoms with Crippen LogP contribution in [0.1, 0.15) is 49.4 Å². The lowest BCUT2D eigenvalue weighted by Gasteiger charge is -2.21. The molecular weight excluding hydrogens is 262 g/mol. The number of nitrogens with zero attached hydrogens (tertiary/aromatic N) is 1. The molecule has 0 radical (unpaired) electrons. The van der Waals surface area contributed by atoms with Crippen molar-refractivity contribution in [2.45, 2.75) is 39.0 Å². The maximum Gasteiger partial charge on any atom is 0.252 e. The molecule has 0 aromatic carbocycles. The molecule has 0 spiro atoms. The molecule has 3 atom stereocenters. The van der Waals surface area contributed by atoms with E-state index in [1.807, 2.05) is 12.1 Å². The quantitative estimate of drug-likeness (QED) is 0.845. The van der Waals surface area contributed by atoms with E-state index in [2.05, 4.69) is 22.5 Å². The first-order chi connectivity index (χ1) is 10.3. The van der Waals surface area contributed by atoms with Crippen LogP contribution < -0.4 is 10.6 Å². The number of rotatable bonds is 6. The normalized spacial score (nSPS) is 26.8. The van der Waals surface area contributed by atoms with Crippen molar-refractivity contribution < 1.29 is 4.79 Å². The Balaban J connectivity index is 1.48. The van der Waals surface area contributed by atoms with Gasteiger partial charge in [-0.3, -0.25) is 4.79 Å². The van der Waals surface area contributed by atoms with Crippen LogP contribution in [0.2, 0.25) is 0 Å². The number of carbonyl (C=O) groups excluding carboxylic acids is 1. The van der Waals surface area contributed by atoms with Crippen LogP contribution in [-0.4, -0.2) is 24.0 Å². The van der Waals surface area contributed by atoms with Crippen LogP contribution in [0.3, 0.4) is 0 Å². The second kappa shape index (κ2) is 6.46. The van der Waals surface area contributed by atoms with Crippen molar-refractivity contribution in [1.82, 2.24) is 10.3 Å². The SMILES string of the molecule is CCCNc1ccc(C(=O)NCC2CC3CCC2C3)cn1. The van der Waals surface area contributed by atoms with E-state index < -0.39 is 0 Å². The van der Waals surface area contributed by atoms with Gasteiger partial charge in [0.25, 0.3) is 5.91 Å². The first-order valence-corrected chi connectivity index (χ1v) is 8.24. The first-order valence-electron chi connectivity index (χ1n) is 8.24. The van der Waals surface area contributed by atoms with Crippen LogP contribution in [-0.2, 0) is 0 Å². The van der Waals surface area contributed by atoms with Crippen LogP contribution >= 0.6 is 0 Å². The zero-order valence-electron chi connectivity index (χ0n) is 12.8. The average molecular weight is 287 g/mol. The number of anilines is 1. The molecule has 2 aliphatic rings. The van der Waals surface area contributed by atoms with Gasteiger partial charge in [0.15, 0.2) is 0 Å². The second-order valence-electron chi connectivity index (χ2n) is 6.50. The van der Waals surface area contributed by atoms with Gasteiger partial charge in [0.2, 0.25) is 0 Å². The molecule has 1 aromatic rings. The number of hydrogen-bond acceptors (Lipinski definition) is 3. The summed E-state index contributed by atoms with van der Waals surface area (Å²) in [5.41, 5.74) is 0.653. The van der Waals surface area contributed by atoms with Crippen molar-refractivity contribution in [3.63, 3.8) is 0 Å². The van der Waals surface area contributed by atoms with Crippen molar-refractivity contribution in [1.29, 1.82) is 0 Å². The predicted octanol–water partition coefficient (Wildman–Crippen LogP) is 3.07. The van der Waals surface area contributed by atoms with Crippen LogP contribution in [0.4, 0.5) is 5.82 Å². The Morgan fingerprint density at radius 3 is 2.86 bits per heavy atom.